The molecule has 4 nitrogen and oxygen atoms in total. The van der Waals surface area contributed by atoms with E-state index in [0.717, 1.165) is 29.9 Å². The Kier molecular flexibility index (Phi) is 8.16. The summed E-state index contributed by atoms with van der Waals surface area (Å²) >= 11 is 0. The first-order valence-corrected chi connectivity index (χ1v) is 7.47. The summed E-state index contributed by atoms with van der Waals surface area (Å²) in [5.74, 6) is 0.534. The van der Waals surface area contributed by atoms with Crippen molar-refractivity contribution in [3.8, 4) is 5.75 Å². The number of carbonyl (C=O) groups is 1. The second-order valence-electron chi connectivity index (χ2n) is 5.09. The number of rotatable bonds is 7. The van der Waals surface area contributed by atoms with E-state index >= 15 is 0 Å². The van der Waals surface area contributed by atoms with Crippen LogP contribution in [0, 0.1) is 6.92 Å². The van der Waals surface area contributed by atoms with Crippen LogP contribution in [0.2, 0.25) is 0 Å². The first-order chi connectivity index (χ1) is 10.7. The van der Waals surface area contributed by atoms with Crippen LogP contribution in [-0.4, -0.2) is 19.1 Å². The molecule has 2 aromatic rings. The predicted octanol–water partition coefficient (Wildman–Crippen LogP) is 3.54. The van der Waals surface area contributed by atoms with Gasteiger partial charge in [-0.3, -0.25) is 4.79 Å². The minimum atomic E-state index is -0.162. The second-order valence-corrected chi connectivity index (χ2v) is 5.09. The van der Waals surface area contributed by atoms with Crippen LogP contribution in [0.25, 0.3) is 0 Å². The maximum atomic E-state index is 12.0. The Bertz CT molecular complexity index is 615. The van der Waals surface area contributed by atoms with Crippen molar-refractivity contribution in [2.45, 2.75) is 20.4 Å². The maximum Gasteiger partial charge on any atom is 0.262 e. The second kappa shape index (κ2) is 9.87. The zero-order valence-corrected chi connectivity index (χ0v) is 14.3. The lowest BCUT2D eigenvalue weighted by Crippen LogP contribution is -2.22. The molecule has 0 heterocycles. The lowest BCUT2D eigenvalue weighted by atomic mass is 10.1. The molecule has 2 aromatic carbocycles. The van der Waals surface area contributed by atoms with Crippen LogP contribution in [0.15, 0.2) is 48.5 Å². The number of halogens is 1. The smallest absolute Gasteiger partial charge is 0.262 e. The number of aryl methyl sites for hydroxylation is 1. The molecular formula is C18H23ClN2O2. The van der Waals surface area contributed by atoms with Crippen LogP contribution in [-0.2, 0) is 11.3 Å². The molecular weight excluding hydrogens is 312 g/mol. The van der Waals surface area contributed by atoms with Gasteiger partial charge >= 0.3 is 0 Å². The van der Waals surface area contributed by atoms with Gasteiger partial charge in [0.25, 0.3) is 5.91 Å². The molecule has 2 rings (SSSR count). The summed E-state index contributed by atoms with van der Waals surface area (Å²) in [6, 6.07) is 15.4. The van der Waals surface area contributed by atoms with Crippen LogP contribution < -0.4 is 15.4 Å². The third-order valence-electron chi connectivity index (χ3n) is 3.25. The number of hydrogen-bond acceptors (Lipinski definition) is 3. The number of carbonyl (C=O) groups excluding carboxylic acids is 1. The molecule has 0 aromatic heterocycles. The van der Waals surface area contributed by atoms with E-state index in [1.165, 1.54) is 0 Å². The van der Waals surface area contributed by atoms with Crippen molar-refractivity contribution in [1.82, 2.24) is 5.32 Å². The highest BCUT2D eigenvalue weighted by atomic mass is 35.5. The zero-order chi connectivity index (χ0) is 15.8. The Morgan fingerprint density at radius 1 is 1.09 bits per heavy atom. The summed E-state index contributed by atoms with van der Waals surface area (Å²) in [5.41, 5.74) is 3.04. The first-order valence-electron chi connectivity index (χ1n) is 7.47. The normalized spacial score (nSPS) is 9.83. The number of ether oxygens (including phenoxy) is 1. The van der Waals surface area contributed by atoms with Crippen molar-refractivity contribution in [3.63, 3.8) is 0 Å². The van der Waals surface area contributed by atoms with Gasteiger partial charge in [-0.15, -0.1) is 12.4 Å². The fourth-order valence-electron chi connectivity index (χ4n) is 2.03. The molecule has 0 saturated carbocycles. The van der Waals surface area contributed by atoms with E-state index in [0.29, 0.717) is 5.75 Å². The lowest BCUT2D eigenvalue weighted by molar-refractivity contribution is -0.118. The summed E-state index contributed by atoms with van der Waals surface area (Å²) < 4.78 is 5.49. The molecule has 0 aliphatic heterocycles. The van der Waals surface area contributed by atoms with Crippen molar-refractivity contribution in [1.29, 1.82) is 0 Å². The molecule has 124 valence electrons. The van der Waals surface area contributed by atoms with E-state index in [-0.39, 0.29) is 24.9 Å². The fraction of sp³-hybridized carbons (Fsp3) is 0.278. The van der Waals surface area contributed by atoms with Crippen LogP contribution in [0.5, 0.6) is 5.75 Å². The minimum Gasteiger partial charge on any atom is -0.484 e. The Morgan fingerprint density at radius 2 is 1.78 bits per heavy atom. The van der Waals surface area contributed by atoms with Crippen molar-refractivity contribution < 1.29 is 9.53 Å². The summed E-state index contributed by atoms with van der Waals surface area (Å²) in [6.07, 6.45) is 0. The van der Waals surface area contributed by atoms with Crippen LogP contribution in [0.4, 0.5) is 5.69 Å². The van der Waals surface area contributed by atoms with E-state index in [1.807, 2.05) is 55.5 Å². The Balaban J connectivity index is 0.00000264. The topological polar surface area (TPSA) is 50.4 Å². The molecule has 0 spiro atoms. The molecule has 0 radical (unpaired) electrons. The zero-order valence-electron chi connectivity index (χ0n) is 13.5. The summed E-state index contributed by atoms with van der Waals surface area (Å²) in [6.45, 7) is 5.68. The third-order valence-corrected chi connectivity index (χ3v) is 3.25. The Hall–Kier alpha value is -2.04. The van der Waals surface area contributed by atoms with Gasteiger partial charge in [0.15, 0.2) is 6.61 Å². The quantitative estimate of drug-likeness (QED) is 0.814. The summed E-state index contributed by atoms with van der Waals surface area (Å²) in [5, 5.41) is 6.16. The van der Waals surface area contributed by atoms with Crippen molar-refractivity contribution in [2.24, 2.45) is 0 Å². The highest BCUT2D eigenvalue weighted by Gasteiger charge is 2.07. The molecule has 0 bridgehead atoms. The monoisotopic (exact) mass is 334 g/mol. The van der Waals surface area contributed by atoms with Crippen molar-refractivity contribution >= 4 is 24.0 Å². The molecule has 23 heavy (non-hydrogen) atoms. The van der Waals surface area contributed by atoms with Crippen molar-refractivity contribution in [2.75, 3.05) is 18.5 Å². The number of hydrogen-bond donors (Lipinski definition) is 2. The molecule has 5 heteroatoms. The van der Waals surface area contributed by atoms with E-state index in [2.05, 4.69) is 17.6 Å². The largest absolute Gasteiger partial charge is 0.484 e. The first kappa shape index (κ1) is 19.0. The average molecular weight is 335 g/mol. The molecule has 0 aliphatic rings. The van der Waals surface area contributed by atoms with Gasteiger partial charge in [-0.1, -0.05) is 42.8 Å². The summed E-state index contributed by atoms with van der Waals surface area (Å²) in [4.78, 5) is 12.0. The number of benzene rings is 2. The molecule has 0 fully saturated rings. The molecule has 2 N–H and O–H groups in total. The third kappa shape index (κ3) is 6.30. The SMILES string of the molecule is CCNCc1ccccc1NC(=O)COc1ccc(C)cc1.Cl. The number of amides is 1. The van der Waals surface area contributed by atoms with E-state index < -0.39 is 0 Å². The van der Waals surface area contributed by atoms with Crippen LogP contribution >= 0.6 is 12.4 Å². The van der Waals surface area contributed by atoms with Gasteiger partial charge in [0.05, 0.1) is 0 Å². The van der Waals surface area contributed by atoms with Crippen LogP contribution in [0.1, 0.15) is 18.1 Å². The molecule has 0 aliphatic carbocycles. The number of anilines is 1. The standard InChI is InChI=1S/C18H22N2O2.ClH/c1-3-19-12-15-6-4-5-7-17(15)20-18(21)13-22-16-10-8-14(2)9-11-16;/h4-11,19H,3,12-13H2,1-2H3,(H,20,21);1H. The van der Waals surface area contributed by atoms with Gasteiger partial charge in [-0.25, -0.2) is 0 Å². The highest BCUT2D eigenvalue weighted by Crippen LogP contribution is 2.15. The number of nitrogens with one attached hydrogen (secondary N) is 2. The Morgan fingerprint density at radius 3 is 2.48 bits per heavy atom. The highest BCUT2D eigenvalue weighted by molar-refractivity contribution is 5.92. The van der Waals surface area contributed by atoms with Gasteiger partial charge in [0, 0.05) is 12.2 Å². The van der Waals surface area contributed by atoms with Gasteiger partial charge in [-0.05, 0) is 37.2 Å². The molecule has 0 saturated heterocycles. The fourth-order valence-corrected chi connectivity index (χ4v) is 2.03. The minimum absolute atomic E-state index is 0. The van der Waals surface area contributed by atoms with Crippen LogP contribution in [0.3, 0.4) is 0 Å². The summed E-state index contributed by atoms with van der Waals surface area (Å²) in [7, 11) is 0. The average Bonchev–Trinajstić information content (AvgIpc) is 2.53. The lowest BCUT2D eigenvalue weighted by Gasteiger charge is -2.12. The Labute approximate surface area is 143 Å². The van der Waals surface area contributed by atoms with Gasteiger partial charge in [0.1, 0.15) is 5.75 Å². The maximum absolute atomic E-state index is 12.0. The van der Waals surface area contributed by atoms with E-state index in [9.17, 15) is 4.79 Å². The molecule has 0 unspecified atom stereocenters. The van der Waals surface area contributed by atoms with Gasteiger partial charge < -0.3 is 15.4 Å². The van der Waals surface area contributed by atoms with Gasteiger partial charge in [-0.2, -0.15) is 0 Å². The molecule has 0 atom stereocenters. The molecule has 1 amide bonds. The van der Waals surface area contributed by atoms with E-state index in [1.54, 1.807) is 0 Å². The van der Waals surface area contributed by atoms with E-state index in [4.69, 9.17) is 4.74 Å². The van der Waals surface area contributed by atoms with Crippen molar-refractivity contribution in [3.05, 3.63) is 59.7 Å². The predicted molar refractivity (Wildman–Crippen MR) is 96.4 cm³/mol. The van der Waals surface area contributed by atoms with Gasteiger partial charge in [0.2, 0.25) is 0 Å². The number of para-hydroxylation sites is 1.